The normalized spacial score (nSPS) is 12.4. The average Bonchev–Trinajstić information content (AvgIpc) is 2.86. The summed E-state index contributed by atoms with van der Waals surface area (Å²) in [7, 11) is 1.61. The van der Waals surface area contributed by atoms with Crippen LogP contribution in [0.5, 0.6) is 5.88 Å². The summed E-state index contributed by atoms with van der Waals surface area (Å²) in [4.78, 5) is 8.55. The molecule has 0 aliphatic heterocycles. The molecular weight excluding hydrogens is 240 g/mol. The fraction of sp³-hybridized carbons (Fsp3) is 0.429. The maximum Gasteiger partial charge on any atom is 0.217 e. The highest BCUT2D eigenvalue weighted by Gasteiger charge is 2.15. The molecule has 0 spiro atoms. The first-order chi connectivity index (χ1) is 9.26. The zero-order chi connectivity index (χ0) is 13.7. The number of nitrogens with zero attached hydrogens (tertiary/aromatic N) is 3. The maximum atomic E-state index is 6.25. The number of hydrogen-bond donors (Lipinski definition) is 1. The average molecular weight is 260 g/mol. The van der Waals surface area contributed by atoms with Crippen LogP contribution in [0, 0.1) is 0 Å². The second-order valence-corrected chi connectivity index (χ2v) is 4.45. The quantitative estimate of drug-likeness (QED) is 0.862. The van der Waals surface area contributed by atoms with Gasteiger partial charge in [0.2, 0.25) is 5.88 Å². The highest BCUT2D eigenvalue weighted by molar-refractivity contribution is 5.29. The van der Waals surface area contributed by atoms with E-state index in [0.29, 0.717) is 12.3 Å². The summed E-state index contributed by atoms with van der Waals surface area (Å²) in [6, 6.07) is 3.65. The molecule has 2 heterocycles. The molecule has 0 aliphatic rings. The summed E-state index contributed by atoms with van der Waals surface area (Å²) in [5, 5.41) is 0. The van der Waals surface area contributed by atoms with E-state index in [-0.39, 0.29) is 6.04 Å². The lowest BCUT2D eigenvalue weighted by atomic mass is 10.1. The Balaban J connectivity index is 2.16. The molecule has 2 aromatic heterocycles. The van der Waals surface area contributed by atoms with E-state index in [1.165, 1.54) is 0 Å². The van der Waals surface area contributed by atoms with Crippen LogP contribution < -0.4 is 10.5 Å². The Morgan fingerprint density at radius 1 is 1.37 bits per heavy atom. The molecule has 0 saturated heterocycles. The number of methoxy groups -OCH3 is 1. The van der Waals surface area contributed by atoms with Crippen molar-refractivity contribution in [3.63, 3.8) is 0 Å². The van der Waals surface area contributed by atoms with Crippen LogP contribution in [0.25, 0.3) is 0 Å². The predicted octanol–water partition coefficient (Wildman–Crippen LogP) is 1.94. The van der Waals surface area contributed by atoms with Crippen LogP contribution in [0.3, 0.4) is 0 Å². The molecule has 0 amide bonds. The fourth-order valence-electron chi connectivity index (χ4n) is 2.14. The van der Waals surface area contributed by atoms with Crippen LogP contribution in [0.1, 0.15) is 30.8 Å². The van der Waals surface area contributed by atoms with Gasteiger partial charge in [-0.2, -0.15) is 0 Å². The first kappa shape index (κ1) is 13.5. The minimum Gasteiger partial charge on any atom is -0.481 e. The highest BCUT2D eigenvalue weighted by atomic mass is 16.5. The third kappa shape index (κ3) is 3.12. The van der Waals surface area contributed by atoms with Crippen molar-refractivity contribution >= 4 is 0 Å². The third-order valence-corrected chi connectivity index (χ3v) is 3.06. The number of pyridine rings is 1. The largest absolute Gasteiger partial charge is 0.481 e. The lowest BCUT2D eigenvalue weighted by Crippen LogP contribution is -2.17. The Morgan fingerprint density at radius 3 is 2.95 bits per heavy atom. The number of hydrogen-bond acceptors (Lipinski definition) is 4. The van der Waals surface area contributed by atoms with Gasteiger partial charge in [0.25, 0.3) is 0 Å². The summed E-state index contributed by atoms with van der Waals surface area (Å²) >= 11 is 0. The number of imidazole rings is 1. The standard InChI is InChI=1S/C14H20N4O/c1-3-8-18-9-7-16-13(18)10-12(15)11-5-4-6-17-14(11)19-2/h4-7,9,12H,3,8,10,15H2,1-2H3. The zero-order valence-electron chi connectivity index (χ0n) is 11.4. The molecule has 5 nitrogen and oxygen atoms in total. The van der Waals surface area contributed by atoms with E-state index in [4.69, 9.17) is 10.5 Å². The van der Waals surface area contributed by atoms with E-state index >= 15 is 0 Å². The van der Waals surface area contributed by atoms with Crippen molar-refractivity contribution in [2.75, 3.05) is 7.11 Å². The first-order valence-electron chi connectivity index (χ1n) is 6.50. The second-order valence-electron chi connectivity index (χ2n) is 4.45. The van der Waals surface area contributed by atoms with Crippen LogP contribution >= 0.6 is 0 Å². The van der Waals surface area contributed by atoms with Crippen LogP contribution in [0.15, 0.2) is 30.7 Å². The number of aryl methyl sites for hydroxylation is 1. The van der Waals surface area contributed by atoms with Gasteiger partial charge in [0.1, 0.15) is 5.82 Å². The molecule has 5 heteroatoms. The minimum atomic E-state index is -0.165. The lowest BCUT2D eigenvalue weighted by Gasteiger charge is -2.15. The summed E-state index contributed by atoms with van der Waals surface area (Å²) in [5.74, 6) is 1.59. The molecule has 102 valence electrons. The maximum absolute atomic E-state index is 6.25. The zero-order valence-corrected chi connectivity index (χ0v) is 11.4. The van der Waals surface area contributed by atoms with Crippen LogP contribution in [-0.2, 0) is 13.0 Å². The molecule has 2 aromatic rings. The predicted molar refractivity (Wildman–Crippen MR) is 73.9 cm³/mol. The molecule has 0 radical (unpaired) electrons. The fourth-order valence-corrected chi connectivity index (χ4v) is 2.14. The van der Waals surface area contributed by atoms with Gasteiger partial charge in [0, 0.05) is 43.2 Å². The van der Waals surface area contributed by atoms with Crippen molar-refractivity contribution < 1.29 is 4.74 Å². The Kier molecular flexibility index (Phi) is 4.52. The molecule has 2 rings (SSSR count). The van der Waals surface area contributed by atoms with Crippen molar-refractivity contribution in [3.05, 3.63) is 42.1 Å². The monoisotopic (exact) mass is 260 g/mol. The van der Waals surface area contributed by atoms with Crippen LogP contribution in [-0.4, -0.2) is 21.6 Å². The summed E-state index contributed by atoms with van der Waals surface area (Å²) < 4.78 is 7.39. The lowest BCUT2D eigenvalue weighted by molar-refractivity contribution is 0.387. The number of rotatable bonds is 6. The Bertz CT molecular complexity index is 524. The van der Waals surface area contributed by atoms with E-state index < -0.39 is 0 Å². The Hall–Kier alpha value is -1.88. The van der Waals surface area contributed by atoms with Gasteiger partial charge in [0.05, 0.1) is 7.11 Å². The van der Waals surface area contributed by atoms with Crippen LogP contribution in [0.2, 0.25) is 0 Å². The number of ether oxygens (including phenoxy) is 1. The molecule has 0 aromatic carbocycles. The highest BCUT2D eigenvalue weighted by Crippen LogP contribution is 2.23. The van der Waals surface area contributed by atoms with Crippen molar-refractivity contribution in [2.45, 2.75) is 32.4 Å². The van der Waals surface area contributed by atoms with Gasteiger partial charge in [0.15, 0.2) is 0 Å². The molecule has 0 aliphatic carbocycles. The summed E-state index contributed by atoms with van der Waals surface area (Å²) in [6.07, 6.45) is 7.27. The van der Waals surface area contributed by atoms with E-state index in [0.717, 1.165) is 24.4 Å². The number of nitrogens with two attached hydrogens (primary N) is 1. The smallest absolute Gasteiger partial charge is 0.217 e. The first-order valence-corrected chi connectivity index (χ1v) is 6.50. The Morgan fingerprint density at radius 2 is 2.21 bits per heavy atom. The van der Waals surface area contributed by atoms with Gasteiger partial charge < -0.3 is 15.0 Å². The third-order valence-electron chi connectivity index (χ3n) is 3.06. The van der Waals surface area contributed by atoms with Crippen molar-refractivity contribution in [3.8, 4) is 5.88 Å². The molecule has 1 atom stereocenters. The molecule has 0 saturated carbocycles. The topological polar surface area (TPSA) is 66.0 Å². The van der Waals surface area contributed by atoms with E-state index in [1.54, 1.807) is 13.3 Å². The minimum absolute atomic E-state index is 0.165. The molecule has 2 N–H and O–H groups in total. The molecular formula is C14H20N4O. The Labute approximate surface area is 113 Å². The molecule has 0 bridgehead atoms. The van der Waals surface area contributed by atoms with E-state index in [1.807, 2.05) is 24.5 Å². The van der Waals surface area contributed by atoms with Gasteiger partial charge >= 0.3 is 0 Å². The van der Waals surface area contributed by atoms with E-state index in [2.05, 4.69) is 21.5 Å². The number of aromatic nitrogens is 3. The van der Waals surface area contributed by atoms with Gasteiger partial charge in [-0.15, -0.1) is 0 Å². The molecule has 0 fully saturated rings. The van der Waals surface area contributed by atoms with Crippen molar-refractivity contribution in [1.29, 1.82) is 0 Å². The second kappa shape index (κ2) is 6.33. The summed E-state index contributed by atoms with van der Waals surface area (Å²) in [5.41, 5.74) is 7.17. The van der Waals surface area contributed by atoms with Gasteiger partial charge in [-0.1, -0.05) is 13.0 Å². The summed E-state index contributed by atoms with van der Waals surface area (Å²) in [6.45, 7) is 3.11. The SMILES string of the molecule is CCCn1ccnc1CC(N)c1cccnc1OC. The van der Waals surface area contributed by atoms with Crippen molar-refractivity contribution in [2.24, 2.45) is 5.73 Å². The van der Waals surface area contributed by atoms with Gasteiger partial charge in [-0.3, -0.25) is 0 Å². The van der Waals surface area contributed by atoms with Gasteiger partial charge in [-0.05, 0) is 12.5 Å². The van der Waals surface area contributed by atoms with Gasteiger partial charge in [-0.25, -0.2) is 9.97 Å². The van der Waals surface area contributed by atoms with Crippen LogP contribution in [0.4, 0.5) is 0 Å². The van der Waals surface area contributed by atoms with Crippen molar-refractivity contribution in [1.82, 2.24) is 14.5 Å². The molecule has 19 heavy (non-hydrogen) atoms. The van der Waals surface area contributed by atoms with E-state index in [9.17, 15) is 0 Å². The molecule has 1 unspecified atom stereocenters.